The van der Waals surface area contributed by atoms with Gasteiger partial charge in [0.2, 0.25) is 11.8 Å². The lowest BCUT2D eigenvalue weighted by atomic mass is 9.91. The molecule has 3 aromatic heterocycles. The number of carbonyl (C=O) groups is 2. The van der Waals surface area contributed by atoms with Gasteiger partial charge in [0.25, 0.3) is 0 Å². The molecule has 382 valence electrons. The Morgan fingerprint density at radius 2 is 1.59 bits per heavy atom. The minimum Gasteiger partial charge on any atom is -0.507 e. The molecule has 0 radical (unpaired) electrons. The average Bonchev–Trinajstić information content (AvgIpc) is 4.04. The molecular weight excluding hydrogens is 905 g/mol. The highest BCUT2D eigenvalue weighted by Crippen LogP contribution is 2.41. The number of piperidine rings is 2. The Kier molecular flexibility index (Phi) is 14.1. The fourth-order valence-corrected chi connectivity index (χ4v) is 11.9. The van der Waals surface area contributed by atoms with Crippen LogP contribution in [0.25, 0.3) is 11.3 Å². The van der Waals surface area contributed by atoms with E-state index in [0.717, 1.165) is 114 Å². The van der Waals surface area contributed by atoms with Gasteiger partial charge in [-0.15, -0.1) is 10.2 Å². The number of hydrogen-bond donors (Lipinski definition) is 3. The van der Waals surface area contributed by atoms with Crippen molar-refractivity contribution in [1.29, 1.82) is 0 Å². The second-order valence-electron chi connectivity index (χ2n) is 22.2. The standard InChI is InChI=1S/C53H72N10O8/c1-32(2)49(51(66)62-31-37(64)23-44(62)52(67)70-53(3,4)5)46-27-47(58-71-46)60-20-13-33(14-21-60)28-59-18-15-38(16-19-59)68-39-24-40(25-39)69-48-22-34(12-17-55-48)63-35-10-11-36(63)30-61(29-35)43-26-42(56-57-50(43)54)41-8-6-7-9-45(41)65/h6-9,12,17,22,26-27,32-33,35-40,44,49,64-65H,10-11,13-16,18-21,23-25,28-31H2,1-5H3,(H2,54,57)/t35?,36?,37-,39?,40?,44?,49-/m1/s1. The molecular formula is C53H72N10O8. The monoisotopic (exact) mass is 977 g/mol. The van der Waals surface area contributed by atoms with Crippen LogP contribution in [0.1, 0.15) is 104 Å². The van der Waals surface area contributed by atoms with Crippen LogP contribution >= 0.6 is 0 Å². The number of benzene rings is 1. The molecule has 4 N–H and O–H groups in total. The fraction of sp³-hybridized carbons (Fsp3) is 0.623. The molecule has 8 heterocycles. The lowest BCUT2D eigenvalue weighted by molar-refractivity contribution is -0.163. The van der Waals surface area contributed by atoms with Crippen molar-refractivity contribution in [3.63, 3.8) is 0 Å². The highest BCUT2D eigenvalue weighted by atomic mass is 16.6. The first-order valence-electron chi connectivity index (χ1n) is 26.0. The van der Waals surface area contributed by atoms with Gasteiger partial charge in [0.15, 0.2) is 17.4 Å². The summed E-state index contributed by atoms with van der Waals surface area (Å²) >= 11 is 0. The van der Waals surface area contributed by atoms with Crippen LogP contribution in [-0.2, 0) is 19.1 Å². The summed E-state index contributed by atoms with van der Waals surface area (Å²) < 4.78 is 24.5. The minimum atomic E-state index is -0.840. The summed E-state index contributed by atoms with van der Waals surface area (Å²) in [5.41, 5.74) is 8.91. The van der Waals surface area contributed by atoms with Gasteiger partial charge in [-0.25, -0.2) is 9.78 Å². The summed E-state index contributed by atoms with van der Waals surface area (Å²) in [7, 11) is 0. The van der Waals surface area contributed by atoms with Crippen LogP contribution in [0.3, 0.4) is 0 Å². The molecule has 1 aliphatic carbocycles. The molecule has 5 saturated heterocycles. The van der Waals surface area contributed by atoms with Crippen molar-refractivity contribution in [2.75, 3.05) is 72.8 Å². The van der Waals surface area contributed by atoms with Crippen molar-refractivity contribution in [2.24, 2.45) is 11.8 Å². The maximum absolute atomic E-state index is 14.0. The van der Waals surface area contributed by atoms with Gasteiger partial charge < -0.3 is 59.2 Å². The molecule has 5 atom stereocenters. The van der Waals surface area contributed by atoms with E-state index >= 15 is 0 Å². The zero-order valence-corrected chi connectivity index (χ0v) is 41.9. The first-order chi connectivity index (χ1) is 34.1. The number of phenols is 1. The van der Waals surface area contributed by atoms with E-state index in [1.54, 1.807) is 32.9 Å². The maximum atomic E-state index is 14.0. The zero-order chi connectivity index (χ0) is 49.6. The van der Waals surface area contributed by atoms with E-state index in [0.29, 0.717) is 46.7 Å². The van der Waals surface area contributed by atoms with Crippen LogP contribution in [0, 0.1) is 11.8 Å². The number of para-hydroxylation sites is 1. The number of nitrogens with zero attached hydrogens (tertiary/aromatic N) is 9. The van der Waals surface area contributed by atoms with Crippen molar-refractivity contribution in [2.45, 2.75) is 146 Å². The van der Waals surface area contributed by atoms with Crippen molar-refractivity contribution in [3.05, 3.63) is 60.5 Å². The minimum absolute atomic E-state index is 0.0790. The lowest BCUT2D eigenvalue weighted by Gasteiger charge is -2.43. The van der Waals surface area contributed by atoms with Crippen molar-refractivity contribution >= 4 is 34.9 Å². The zero-order valence-electron chi connectivity index (χ0n) is 41.9. The largest absolute Gasteiger partial charge is 0.507 e. The van der Waals surface area contributed by atoms with E-state index < -0.39 is 29.6 Å². The van der Waals surface area contributed by atoms with Gasteiger partial charge in [0, 0.05) is 113 Å². The Hall–Kier alpha value is -5.72. The molecule has 18 nitrogen and oxygen atoms in total. The number of carbonyl (C=O) groups excluding carboxylic acids is 2. The first kappa shape index (κ1) is 48.9. The van der Waals surface area contributed by atoms with E-state index in [4.69, 9.17) is 24.5 Å². The number of likely N-dealkylation sites (tertiary alicyclic amines) is 2. The number of piperazine rings is 1. The molecule has 1 amide bonds. The second kappa shape index (κ2) is 20.4. The Bertz CT molecular complexity index is 2480. The molecule has 2 bridgehead atoms. The quantitative estimate of drug-likeness (QED) is 0.123. The van der Waals surface area contributed by atoms with E-state index in [2.05, 4.69) is 52.1 Å². The number of aromatic nitrogens is 4. The molecule has 6 aliphatic rings. The van der Waals surface area contributed by atoms with Crippen LogP contribution in [0.4, 0.5) is 23.0 Å². The molecule has 71 heavy (non-hydrogen) atoms. The summed E-state index contributed by atoms with van der Waals surface area (Å²) in [4.78, 5) is 42.9. The van der Waals surface area contributed by atoms with Crippen LogP contribution in [0.2, 0.25) is 0 Å². The molecule has 6 fully saturated rings. The van der Waals surface area contributed by atoms with Gasteiger partial charge in [-0.2, -0.15) is 0 Å². The first-order valence-corrected chi connectivity index (χ1v) is 26.0. The topological polar surface area (TPSA) is 209 Å². The van der Waals surface area contributed by atoms with Gasteiger partial charge in [-0.05, 0) is 95.4 Å². The van der Waals surface area contributed by atoms with Gasteiger partial charge in [0.1, 0.15) is 29.4 Å². The Balaban J connectivity index is 0.642. The van der Waals surface area contributed by atoms with Gasteiger partial charge >= 0.3 is 5.97 Å². The number of aliphatic hydroxyl groups is 1. The summed E-state index contributed by atoms with van der Waals surface area (Å²) in [6, 6.07) is 14.9. The number of pyridine rings is 1. The van der Waals surface area contributed by atoms with Crippen molar-refractivity contribution < 1.29 is 38.5 Å². The number of ether oxygens (including phenoxy) is 3. The third kappa shape index (κ3) is 10.9. The number of amides is 1. The van der Waals surface area contributed by atoms with Gasteiger partial charge in [-0.3, -0.25) is 4.79 Å². The van der Waals surface area contributed by atoms with E-state index in [-0.39, 0.29) is 48.9 Å². The highest BCUT2D eigenvalue weighted by Gasteiger charge is 2.46. The van der Waals surface area contributed by atoms with Crippen molar-refractivity contribution in [1.82, 2.24) is 30.1 Å². The number of fused-ring (bicyclic) bond motifs is 2. The van der Waals surface area contributed by atoms with Crippen LogP contribution in [-0.4, -0.2) is 153 Å². The third-order valence-corrected chi connectivity index (χ3v) is 15.5. The third-order valence-electron chi connectivity index (χ3n) is 15.5. The smallest absolute Gasteiger partial charge is 0.329 e. The maximum Gasteiger partial charge on any atom is 0.329 e. The molecule has 1 aromatic carbocycles. The SMILES string of the molecule is CC(C)[C@@H](C(=O)N1C[C@H](O)CC1C(=O)OC(C)(C)C)c1cc(N2CCC(CN3CCC(OC4CC(Oc5cc(N6C7CCC6CN(c6cc(-c8ccccc8O)nnc6N)C7)ccn5)C4)CC3)CC2)no1. The normalized spacial score (nSPS) is 26.0. The van der Waals surface area contributed by atoms with Crippen LogP contribution < -0.4 is 25.2 Å². The molecule has 0 spiro atoms. The summed E-state index contributed by atoms with van der Waals surface area (Å²) in [6.45, 7) is 15.9. The Morgan fingerprint density at radius 1 is 0.859 bits per heavy atom. The summed E-state index contributed by atoms with van der Waals surface area (Å²) in [6.07, 6.45) is 9.88. The fourth-order valence-electron chi connectivity index (χ4n) is 11.9. The van der Waals surface area contributed by atoms with E-state index in [1.165, 1.54) is 4.90 Å². The van der Waals surface area contributed by atoms with Gasteiger partial charge in [0.05, 0.1) is 29.7 Å². The number of nitrogens with two attached hydrogens (primary N) is 1. The number of esters is 1. The average molecular weight is 977 g/mol. The summed E-state index contributed by atoms with van der Waals surface area (Å²) in [5.74, 6) is 1.52. The molecule has 4 aromatic rings. The number of hydrogen-bond acceptors (Lipinski definition) is 17. The van der Waals surface area contributed by atoms with Crippen LogP contribution in [0.5, 0.6) is 11.6 Å². The second-order valence-corrected chi connectivity index (χ2v) is 22.2. The highest BCUT2D eigenvalue weighted by molar-refractivity contribution is 5.89. The number of rotatable bonds is 14. The van der Waals surface area contributed by atoms with E-state index in [9.17, 15) is 19.8 Å². The summed E-state index contributed by atoms with van der Waals surface area (Å²) in [5, 5.41) is 33.9. The molecule has 1 saturated carbocycles. The number of aliphatic hydroxyl groups excluding tert-OH is 1. The number of β-amino-alcohol motifs (C(OH)–C–C–N with tert-alkyl or cyclic N) is 1. The number of aromatic hydroxyl groups is 1. The number of phenolic OH excluding ortho intramolecular Hbond substituents is 1. The molecule has 3 unspecified atom stereocenters. The number of anilines is 4. The predicted octanol–water partition coefficient (Wildman–Crippen LogP) is 6.02. The predicted molar refractivity (Wildman–Crippen MR) is 268 cm³/mol. The van der Waals surface area contributed by atoms with Crippen molar-refractivity contribution in [3.8, 4) is 22.9 Å². The Labute approximate surface area is 416 Å². The molecule has 5 aliphatic heterocycles. The number of nitrogen functional groups attached to an aromatic ring is 1. The van der Waals surface area contributed by atoms with Gasteiger partial charge in [-0.1, -0.05) is 31.1 Å². The van der Waals surface area contributed by atoms with Crippen LogP contribution in [0.15, 0.2) is 59.3 Å². The molecule has 10 rings (SSSR count). The Morgan fingerprint density at radius 3 is 2.30 bits per heavy atom. The lowest BCUT2D eigenvalue weighted by Crippen LogP contribution is -2.54. The molecule has 18 heteroatoms. The van der Waals surface area contributed by atoms with E-state index in [1.807, 2.05) is 44.3 Å².